The summed E-state index contributed by atoms with van der Waals surface area (Å²) in [4.78, 5) is 13.4. The fraction of sp³-hybridized carbons (Fsp3) is 0.312. The molecule has 4 rings (SSSR count). The number of carbonyl (C=O) groups excluding carboxylic acids is 1. The van der Waals surface area contributed by atoms with E-state index in [0.29, 0.717) is 29.5 Å². The van der Waals surface area contributed by atoms with Gasteiger partial charge in [-0.05, 0) is 35.7 Å². The molecule has 1 N–H and O–H groups in total. The van der Waals surface area contributed by atoms with Gasteiger partial charge in [-0.3, -0.25) is 10.1 Å². The van der Waals surface area contributed by atoms with Gasteiger partial charge in [0.05, 0.1) is 10.8 Å². The van der Waals surface area contributed by atoms with E-state index in [-0.39, 0.29) is 18.5 Å². The van der Waals surface area contributed by atoms with Crippen LogP contribution in [-0.4, -0.2) is 41.9 Å². The number of rotatable bonds is 5. The van der Waals surface area contributed by atoms with E-state index < -0.39 is 15.9 Å². The molecule has 8 nitrogen and oxygen atoms in total. The average Bonchev–Trinajstić information content (AvgIpc) is 3.42. The van der Waals surface area contributed by atoms with Crippen molar-refractivity contribution in [3.8, 4) is 10.8 Å². The fourth-order valence-electron chi connectivity index (χ4n) is 2.89. The Morgan fingerprint density at radius 2 is 2.04 bits per heavy atom. The summed E-state index contributed by atoms with van der Waals surface area (Å²) in [5.74, 6) is -0.445. The monoisotopic (exact) mass is 424 g/mol. The van der Waals surface area contributed by atoms with E-state index in [2.05, 4.69) is 15.5 Å². The Balaban J connectivity index is 1.43. The van der Waals surface area contributed by atoms with Crippen molar-refractivity contribution in [2.75, 3.05) is 18.4 Å². The topological polar surface area (TPSA) is 105 Å². The number of piperidine rings is 1. The van der Waals surface area contributed by atoms with Crippen molar-refractivity contribution in [3.05, 3.63) is 35.0 Å². The molecule has 1 aliphatic rings. The number of carbonyl (C=O) groups is 1. The summed E-state index contributed by atoms with van der Waals surface area (Å²) in [5, 5.41) is 14.0. The van der Waals surface area contributed by atoms with Gasteiger partial charge in [0.15, 0.2) is 0 Å². The Hall–Kier alpha value is -2.08. The second-order valence-corrected chi connectivity index (χ2v) is 10.1. The molecule has 1 saturated heterocycles. The third kappa shape index (κ3) is 3.81. The predicted molar refractivity (Wildman–Crippen MR) is 102 cm³/mol. The second-order valence-electron chi connectivity index (χ2n) is 6.01. The van der Waals surface area contributed by atoms with Crippen LogP contribution >= 0.6 is 22.7 Å². The molecule has 4 heterocycles. The first-order valence-electron chi connectivity index (χ1n) is 8.26. The molecule has 11 heteroatoms. The lowest BCUT2D eigenvalue weighted by Gasteiger charge is -2.30. The number of thiophene rings is 2. The van der Waals surface area contributed by atoms with Gasteiger partial charge >= 0.3 is 6.01 Å². The van der Waals surface area contributed by atoms with Crippen molar-refractivity contribution < 1.29 is 17.6 Å². The Kier molecular flexibility index (Phi) is 5.08. The summed E-state index contributed by atoms with van der Waals surface area (Å²) in [6.07, 6.45) is 1.22. The molecule has 1 amide bonds. The van der Waals surface area contributed by atoms with Crippen molar-refractivity contribution in [2.45, 2.75) is 17.1 Å². The number of hydrogen-bond donors (Lipinski definition) is 1. The van der Waals surface area contributed by atoms with E-state index in [0.717, 1.165) is 4.88 Å². The molecule has 0 radical (unpaired) electrons. The summed E-state index contributed by atoms with van der Waals surface area (Å²) >= 11 is 2.63. The van der Waals surface area contributed by atoms with E-state index in [9.17, 15) is 13.2 Å². The minimum atomic E-state index is -3.56. The number of aromatic nitrogens is 2. The average molecular weight is 425 g/mol. The van der Waals surface area contributed by atoms with Gasteiger partial charge in [0.25, 0.3) is 15.9 Å². The van der Waals surface area contributed by atoms with Gasteiger partial charge in [0.2, 0.25) is 5.91 Å². The number of amides is 1. The van der Waals surface area contributed by atoms with E-state index in [4.69, 9.17) is 4.42 Å². The van der Waals surface area contributed by atoms with Crippen LogP contribution in [0.5, 0.6) is 0 Å². The molecule has 0 aliphatic carbocycles. The van der Waals surface area contributed by atoms with Gasteiger partial charge in [-0.2, -0.15) is 4.31 Å². The zero-order valence-electron chi connectivity index (χ0n) is 14.1. The van der Waals surface area contributed by atoms with E-state index in [1.807, 2.05) is 17.5 Å². The molecule has 0 bridgehead atoms. The predicted octanol–water partition coefficient (Wildman–Crippen LogP) is 2.90. The summed E-state index contributed by atoms with van der Waals surface area (Å²) < 4.78 is 32.5. The van der Waals surface area contributed by atoms with Crippen LogP contribution in [0.4, 0.5) is 6.01 Å². The second kappa shape index (κ2) is 7.50. The molecule has 1 fully saturated rings. The standard InChI is InChI=1S/C16H16N4O4S3/c21-14(17-16-19-18-15(24-16)12-5-2-8-25-12)11-4-1-7-20(10-11)27(22,23)13-6-3-9-26-13/h2-3,5-6,8-9,11H,1,4,7,10H2,(H,17,19,21). The van der Waals surface area contributed by atoms with Gasteiger partial charge in [-0.15, -0.1) is 27.8 Å². The third-order valence-corrected chi connectivity index (χ3v) is 8.33. The van der Waals surface area contributed by atoms with Gasteiger partial charge in [0.1, 0.15) is 4.21 Å². The van der Waals surface area contributed by atoms with Gasteiger partial charge < -0.3 is 4.42 Å². The first-order valence-corrected chi connectivity index (χ1v) is 11.5. The van der Waals surface area contributed by atoms with Crippen LogP contribution in [0.25, 0.3) is 10.8 Å². The zero-order valence-corrected chi connectivity index (χ0v) is 16.5. The minimum Gasteiger partial charge on any atom is -0.402 e. The largest absolute Gasteiger partial charge is 0.402 e. The van der Waals surface area contributed by atoms with Crippen molar-refractivity contribution >= 4 is 44.6 Å². The van der Waals surface area contributed by atoms with Crippen LogP contribution < -0.4 is 5.32 Å². The van der Waals surface area contributed by atoms with Crippen LogP contribution in [0, 0.1) is 5.92 Å². The molecular formula is C16H16N4O4S3. The number of anilines is 1. The lowest BCUT2D eigenvalue weighted by molar-refractivity contribution is -0.121. The van der Waals surface area contributed by atoms with Crippen LogP contribution in [0.3, 0.4) is 0 Å². The SMILES string of the molecule is O=C(Nc1nnc(-c2cccs2)o1)C1CCCN(S(=O)(=O)c2cccs2)C1. The van der Waals surface area contributed by atoms with Gasteiger partial charge in [-0.25, -0.2) is 8.42 Å². The van der Waals surface area contributed by atoms with Crippen molar-refractivity contribution in [1.29, 1.82) is 0 Å². The highest BCUT2D eigenvalue weighted by atomic mass is 32.2. The van der Waals surface area contributed by atoms with Crippen LogP contribution in [0.15, 0.2) is 43.7 Å². The maximum atomic E-state index is 12.7. The van der Waals surface area contributed by atoms with Gasteiger partial charge in [0, 0.05) is 13.1 Å². The Bertz CT molecular complexity index is 1010. The number of hydrogen-bond acceptors (Lipinski definition) is 8. The Morgan fingerprint density at radius 1 is 1.22 bits per heavy atom. The van der Waals surface area contributed by atoms with E-state index in [1.165, 1.54) is 27.0 Å². The van der Waals surface area contributed by atoms with Crippen LogP contribution in [-0.2, 0) is 14.8 Å². The molecule has 27 heavy (non-hydrogen) atoms. The van der Waals surface area contributed by atoms with Crippen molar-refractivity contribution in [3.63, 3.8) is 0 Å². The van der Waals surface area contributed by atoms with Crippen molar-refractivity contribution in [1.82, 2.24) is 14.5 Å². The summed E-state index contributed by atoms with van der Waals surface area (Å²) in [6, 6.07) is 7.01. The summed E-state index contributed by atoms with van der Waals surface area (Å²) in [5.41, 5.74) is 0. The maximum Gasteiger partial charge on any atom is 0.322 e. The maximum absolute atomic E-state index is 12.7. The molecule has 3 aromatic rings. The minimum absolute atomic E-state index is 0.0154. The number of nitrogens with zero attached hydrogens (tertiary/aromatic N) is 3. The molecule has 3 aromatic heterocycles. The third-order valence-electron chi connectivity index (χ3n) is 4.23. The van der Waals surface area contributed by atoms with Crippen molar-refractivity contribution in [2.24, 2.45) is 5.92 Å². The highest BCUT2D eigenvalue weighted by Crippen LogP contribution is 2.28. The molecule has 0 aromatic carbocycles. The van der Waals surface area contributed by atoms with E-state index in [1.54, 1.807) is 17.5 Å². The number of sulfonamides is 1. The molecule has 142 valence electrons. The molecule has 0 spiro atoms. The molecule has 1 aliphatic heterocycles. The molecule has 0 saturated carbocycles. The smallest absolute Gasteiger partial charge is 0.322 e. The fourth-order valence-corrected chi connectivity index (χ4v) is 6.21. The quantitative estimate of drug-likeness (QED) is 0.675. The summed E-state index contributed by atoms with van der Waals surface area (Å²) in [7, 11) is -3.56. The molecule has 1 unspecified atom stereocenters. The van der Waals surface area contributed by atoms with Gasteiger partial charge in [-0.1, -0.05) is 17.2 Å². The normalized spacial score (nSPS) is 18.4. The zero-order chi connectivity index (χ0) is 18.9. The first kappa shape index (κ1) is 18.3. The van der Waals surface area contributed by atoms with E-state index >= 15 is 0 Å². The molecular weight excluding hydrogens is 408 g/mol. The number of nitrogens with one attached hydrogen (secondary N) is 1. The Labute approximate surface area is 163 Å². The lowest BCUT2D eigenvalue weighted by Crippen LogP contribution is -2.43. The van der Waals surface area contributed by atoms with Crippen LogP contribution in [0.2, 0.25) is 0 Å². The molecule has 1 atom stereocenters. The highest BCUT2D eigenvalue weighted by molar-refractivity contribution is 7.91. The van der Waals surface area contributed by atoms with Crippen LogP contribution in [0.1, 0.15) is 12.8 Å². The lowest BCUT2D eigenvalue weighted by atomic mass is 9.99. The highest BCUT2D eigenvalue weighted by Gasteiger charge is 2.34. The summed E-state index contributed by atoms with van der Waals surface area (Å²) in [6.45, 7) is 0.547. The Morgan fingerprint density at radius 3 is 2.78 bits per heavy atom. The first-order chi connectivity index (χ1) is 13.0.